The van der Waals surface area contributed by atoms with E-state index in [0.29, 0.717) is 5.56 Å². The van der Waals surface area contributed by atoms with E-state index in [9.17, 15) is 4.39 Å². The predicted octanol–water partition coefficient (Wildman–Crippen LogP) is 4.16. The maximum Gasteiger partial charge on any atom is 0.225 e. The molecule has 5 nitrogen and oxygen atoms in total. The molecule has 0 spiro atoms. The Morgan fingerprint density at radius 1 is 0.690 bits per heavy atom. The highest BCUT2D eigenvalue weighted by atomic mass is 19.1. The molecule has 29 heavy (non-hydrogen) atoms. The summed E-state index contributed by atoms with van der Waals surface area (Å²) in [6.45, 7) is 3.33. The maximum atomic E-state index is 14.4. The van der Waals surface area contributed by atoms with Gasteiger partial charge in [0, 0.05) is 55.1 Å². The number of pyridine rings is 1. The third-order valence-corrected chi connectivity index (χ3v) is 5.31. The van der Waals surface area contributed by atoms with Gasteiger partial charge in [0.05, 0.1) is 5.52 Å². The van der Waals surface area contributed by atoms with Crippen molar-refractivity contribution in [1.82, 2.24) is 15.0 Å². The summed E-state index contributed by atoms with van der Waals surface area (Å²) in [7, 11) is 0. The van der Waals surface area contributed by atoms with Crippen LogP contribution in [-0.4, -0.2) is 41.1 Å². The molecule has 0 N–H and O–H groups in total. The molecule has 0 amide bonds. The average molecular weight is 385 g/mol. The van der Waals surface area contributed by atoms with Crippen LogP contribution in [0.2, 0.25) is 0 Å². The van der Waals surface area contributed by atoms with E-state index >= 15 is 0 Å². The van der Waals surface area contributed by atoms with Gasteiger partial charge in [-0.05, 0) is 24.3 Å². The molecule has 6 heteroatoms. The number of nitrogens with zero attached hydrogens (tertiary/aromatic N) is 5. The first kappa shape index (κ1) is 17.6. The van der Waals surface area contributed by atoms with E-state index < -0.39 is 0 Å². The molecule has 1 saturated heterocycles. The Morgan fingerprint density at radius 2 is 1.41 bits per heavy atom. The summed E-state index contributed by atoms with van der Waals surface area (Å²) in [6.07, 6.45) is 3.54. The van der Waals surface area contributed by atoms with Crippen LogP contribution < -0.4 is 9.80 Å². The summed E-state index contributed by atoms with van der Waals surface area (Å²) in [5.74, 6) is 1.44. The molecule has 1 fully saturated rings. The van der Waals surface area contributed by atoms with E-state index in [1.165, 1.54) is 6.07 Å². The zero-order valence-electron chi connectivity index (χ0n) is 15.9. The zero-order valence-corrected chi connectivity index (χ0v) is 15.9. The van der Waals surface area contributed by atoms with Crippen molar-refractivity contribution in [3.63, 3.8) is 0 Å². The first-order valence-electron chi connectivity index (χ1n) is 9.71. The minimum absolute atomic E-state index is 0.233. The number of fused-ring (bicyclic) bond motifs is 1. The first-order valence-corrected chi connectivity index (χ1v) is 9.71. The molecule has 0 unspecified atom stereocenters. The zero-order chi connectivity index (χ0) is 19.6. The summed E-state index contributed by atoms with van der Waals surface area (Å²) in [6, 6.07) is 18.7. The van der Waals surface area contributed by atoms with Crippen LogP contribution in [0.25, 0.3) is 22.0 Å². The molecule has 0 radical (unpaired) electrons. The summed E-state index contributed by atoms with van der Waals surface area (Å²) in [5.41, 5.74) is 2.22. The molecule has 0 saturated carbocycles. The van der Waals surface area contributed by atoms with E-state index in [1.54, 1.807) is 24.5 Å². The molecule has 4 aromatic rings. The molecule has 144 valence electrons. The number of aromatic nitrogens is 3. The van der Waals surface area contributed by atoms with Gasteiger partial charge in [-0.25, -0.2) is 19.3 Å². The SMILES string of the molecule is Fc1ccccc1-c1cccc2ccc(N3CCN(c4ncccn4)CC3)nc12. The molecule has 3 heterocycles. The van der Waals surface area contributed by atoms with Gasteiger partial charge in [-0.1, -0.05) is 36.4 Å². The van der Waals surface area contributed by atoms with Gasteiger partial charge >= 0.3 is 0 Å². The van der Waals surface area contributed by atoms with Crippen molar-refractivity contribution < 1.29 is 4.39 Å². The summed E-state index contributed by atoms with van der Waals surface area (Å²) in [5, 5.41) is 1.01. The van der Waals surface area contributed by atoms with Crippen LogP contribution in [0, 0.1) is 5.82 Å². The van der Waals surface area contributed by atoms with Crippen LogP contribution in [0.1, 0.15) is 0 Å². The van der Waals surface area contributed by atoms with Gasteiger partial charge < -0.3 is 9.80 Å². The third kappa shape index (κ3) is 3.38. The molecule has 1 aliphatic heterocycles. The van der Waals surface area contributed by atoms with Gasteiger partial charge in [0.25, 0.3) is 0 Å². The number of rotatable bonds is 3. The van der Waals surface area contributed by atoms with Crippen LogP contribution in [0.15, 0.2) is 73.1 Å². The Balaban J connectivity index is 1.45. The second kappa shape index (κ2) is 7.47. The number of piperazine rings is 1. The molecule has 0 bridgehead atoms. The number of para-hydroxylation sites is 1. The minimum Gasteiger partial charge on any atom is -0.353 e. The molecular formula is C23H20FN5. The van der Waals surface area contributed by atoms with Crippen LogP contribution >= 0.6 is 0 Å². The standard InChI is InChI=1S/C23H20FN5/c24-20-8-2-1-6-18(20)19-7-3-5-17-9-10-21(27-22(17)19)28-13-15-29(16-14-28)23-25-11-4-12-26-23/h1-12H,13-16H2. The van der Waals surface area contributed by atoms with E-state index in [-0.39, 0.29) is 5.82 Å². The largest absolute Gasteiger partial charge is 0.353 e. The molecule has 1 aliphatic rings. The van der Waals surface area contributed by atoms with E-state index in [2.05, 4.69) is 25.8 Å². The smallest absolute Gasteiger partial charge is 0.225 e. The van der Waals surface area contributed by atoms with Crippen LogP contribution in [-0.2, 0) is 0 Å². The van der Waals surface area contributed by atoms with Crippen LogP contribution in [0.3, 0.4) is 0 Å². The highest BCUT2D eigenvalue weighted by Gasteiger charge is 2.20. The third-order valence-electron chi connectivity index (χ3n) is 5.31. The van der Waals surface area contributed by atoms with Crippen LogP contribution in [0.5, 0.6) is 0 Å². The number of benzene rings is 2. The monoisotopic (exact) mass is 385 g/mol. The van der Waals surface area contributed by atoms with Crippen LogP contribution in [0.4, 0.5) is 16.2 Å². The van der Waals surface area contributed by atoms with Gasteiger partial charge in [0.2, 0.25) is 5.95 Å². The average Bonchev–Trinajstić information content (AvgIpc) is 2.79. The van der Waals surface area contributed by atoms with Crippen molar-refractivity contribution in [2.75, 3.05) is 36.0 Å². The van der Waals surface area contributed by atoms with Crippen molar-refractivity contribution >= 4 is 22.7 Å². The quantitative estimate of drug-likeness (QED) is 0.530. The van der Waals surface area contributed by atoms with Gasteiger partial charge in [0.1, 0.15) is 11.6 Å². The van der Waals surface area contributed by atoms with Gasteiger partial charge in [-0.15, -0.1) is 0 Å². The van der Waals surface area contributed by atoms with Gasteiger partial charge in [-0.2, -0.15) is 0 Å². The Bertz CT molecular complexity index is 1140. The highest BCUT2D eigenvalue weighted by Crippen LogP contribution is 2.31. The molecular weight excluding hydrogens is 365 g/mol. The fourth-order valence-electron chi connectivity index (χ4n) is 3.80. The first-order chi connectivity index (χ1) is 14.3. The van der Waals surface area contributed by atoms with Crippen molar-refractivity contribution in [2.24, 2.45) is 0 Å². The normalized spacial score (nSPS) is 14.4. The van der Waals surface area contributed by atoms with E-state index in [1.807, 2.05) is 36.4 Å². The fourth-order valence-corrected chi connectivity index (χ4v) is 3.80. The lowest BCUT2D eigenvalue weighted by molar-refractivity contribution is 0.631. The lowest BCUT2D eigenvalue weighted by atomic mass is 10.0. The summed E-state index contributed by atoms with van der Waals surface area (Å²) >= 11 is 0. The molecule has 2 aromatic heterocycles. The van der Waals surface area contributed by atoms with Gasteiger partial charge in [-0.3, -0.25) is 0 Å². The van der Waals surface area contributed by atoms with E-state index in [4.69, 9.17) is 4.98 Å². The number of hydrogen-bond donors (Lipinski definition) is 0. The second-order valence-electron chi connectivity index (χ2n) is 7.05. The Hall–Kier alpha value is -3.54. The molecule has 0 aliphatic carbocycles. The minimum atomic E-state index is -0.233. The summed E-state index contributed by atoms with van der Waals surface area (Å²) in [4.78, 5) is 18.0. The Morgan fingerprint density at radius 3 is 2.21 bits per heavy atom. The molecule has 5 rings (SSSR count). The Kier molecular flexibility index (Phi) is 4.52. The number of halogens is 1. The van der Waals surface area contributed by atoms with Crippen molar-refractivity contribution in [3.8, 4) is 11.1 Å². The maximum absolute atomic E-state index is 14.4. The van der Waals surface area contributed by atoms with Crippen molar-refractivity contribution in [1.29, 1.82) is 0 Å². The van der Waals surface area contributed by atoms with Crippen molar-refractivity contribution in [3.05, 3.63) is 78.9 Å². The molecule has 2 aromatic carbocycles. The predicted molar refractivity (Wildman–Crippen MR) is 114 cm³/mol. The number of anilines is 2. The topological polar surface area (TPSA) is 45.2 Å². The number of hydrogen-bond acceptors (Lipinski definition) is 5. The highest BCUT2D eigenvalue weighted by molar-refractivity contribution is 5.94. The second-order valence-corrected chi connectivity index (χ2v) is 7.05. The lowest BCUT2D eigenvalue weighted by Crippen LogP contribution is -2.47. The van der Waals surface area contributed by atoms with Crippen molar-refractivity contribution in [2.45, 2.75) is 0 Å². The fraction of sp³-hybridized carbons (Fsp3) is 0.174. The lowest BCUT2D eigenvalue weighted by Gasteiger charge is -2.35. The summed E-state index contributed by atoms with van der Waals surface area (Å²) < 4.78 is 14.4. The van der Waals surface area contributed by atoms with Gasteiger partial charge in [0.15, 0.2) is 0 Å². The molecule has 0 atom stereocenters. The van der Waals surface area contributed by atoms with E-state index in [0.717, 1.165) is 54.4 Å². The Labute approximate surface area is 168 Å².